The van der Waals surface area contributed by atoms with Gasteiger partial charge in [-0.15, -0.1) is 0 Å². The number of aryl methyl sites for hydroxylation is 1. The monoisotopic (exact) mass is 156 g/mol. The van der Waals surface area contributed by atoms with Crippen molar-refractivity contribution in [2.75, 3.05) is 0 Å². The zero-order valence-corrected chi connectivity index (χ0v) is 6.54. The fourth-order valence-electron chi connectivity index (χ4n) is 0.731. The van der Waals surface area contributed by atoms with Crippen LogP contribution in [0.25, 0.3) is 0 Å². The summed E-state index contributed by atoms with van der Waals surface area (Å²) in [6.45, 7) is 2.81. The van der Waals surface area contributed by atoms with Crippen LogP contribution in [0.1, 0.15) is 5.69 Å². The number of imidazole rings is 1. The predicted octanol–water partition coefficient (Wildman–Crippen LogP) is 1.94. The Hall–Kier alpha value is -0.760. The van der Waals surface area contributed by atoms with E-state index < -0.39 is 0 Å². The highest BCUT2D eigenvalue weighted by Gasteiger charge is 1.90. The van der Waals surface area contributed by atoms with Crippen LogP contribution in [0, 0.1) is 6.92 Å². The molecule has 0 aliphatic carbocycles. The van der Waals surface area contributed by atoms with Gasteiger partial charge in [-0.1, -0.05) is 17.7 Å². The molecule has 0 atom stereocenters. The highest BCUT2D eigenvalue weighted by Crippen LogP contribution is 1.96. The van der Waals surface area contributed by atoms with Gasteiger partial charge >= 0.3 is 0 Å². The lowest BCUT2D eigenvalue weighted by atomic mass is 10.5. The highest BCUT2D eigenvalue weighted by atomic mass is 35.5. The van der Waals surface area contributed by atoms with Crippen LogP contribution in [-0.2, 0) is 6.54 Å². The number of allylic oxidation sites excluding steroid dienone is 1. The van der Waals surface area contributed by atoms with Crippen molar-refractivity contribution in [3.05, 3.63) is 29.8 Å². The van der Waals surface area contributed by atoms with Gasteiger partial charge < -0.3 is 4.57 Å². The van der Waals surface area contributed by atoms with Crippen LogP contribution < -0.4 is 0 Å². The summed E-state index contributed by atoms with van der Waals surface area (Å²) in [5, 5.41) is 0. The van der Waals surface area contributed by atoms with Crippen molar-refractivity contribution in [3.63, 3.8) is 0 Å². The summed E-state index contributed by atoms with van der Waals surface area (Å²) in [7, 11) is 0. The number of nitrogens with zero attached hydrogens (tertiary/aromatic N) is 2. The minimum atomic E-state index is 0.801. The van der Waals surface area contributed by atoms with E-state index in [1.807, 2.05) is 23.8 Å². The van der Waals surface area contributed by atoms with Crippen molar-refractivity contribution >= 4 is 11.6 Å². The molecule has 3 heteroatoms. The predicted molar refractivity (Wildman–Crippen MR) is 42.0 cm³/mol. The van der Waals surface area contributed by atoms with Gasteiger partial charge in [0, 0.05) is 24.0 Å². The summed E-state index contributed by atoms with van der Waals surface area (Å²) in [6.07, 6.45) is 5.48. The Bertz CT molecular complexity index is 227. The Morgan fingerprint density at radius 2 is 2.60 bits per heavy atom. The summed E-state index contributed by atoms with van der Waals surface area (Å²) in [5.74, 6) is 0. The van der Waals surface area contributed by atoms with Crippen molar-refractivity contribution in [2.24, 2.45) is 0 Å². The smallest absolute Gasteiger partial charge is 0.0951 e. The second-order valence-corrected chi connectivity index (χ2v) is 2.30. The van der Waals surface area contributed by atoms with Crippen LogP contribution >= 0.6 is 11.6 Å². The lowest BCUT2D eigenvalue weighted by molar-refractivity contribution is 0.791. The Labute approximate surface area is 65.1 Å². The standard InChI is InChI=1S/C7H9ClN2/c1-7-5-9-6-10(7)4-2-3-8/h2-3,5-6H,4H2,1H3. The van der Waals surface area contributed by atoms with Crippen LogP contribution in [0.15, 0.2) is 24.1 Å². The molecule has 0 saturated heterocycles. The van der Waals surface area contributed by atoms with Gasteiger partial charge in [0.1, 0.15) is 0 Å². The average molecular weight is 157 g/mol. The summed E-state index contributed by atoms with van der Waals surface area (Å²) < 4.78 is 2.01. The maximum Gasteiger partial charge on any atom is 0.0951 e. The molecular formula is C7H9ClN2. The van der Waals surface area contributed by atoms with Gasteiger partial charge in [-0.25, -0.2) is 4.98 Å². The molecule has 0 unspecified atom stereocenters. The molecule has 54 valence electrons. The molecule has 2 nitrogen and oxygen atoms in total. The van der Waals surface area contributed by atoms with Gasteiger partial charge in [0.15, 0.2) is 0 Å². The minimum Gasteiger partial charge on any atom is -0.331 e. The first kappa shape index (κ1) is 7.35. The Morgan fingerprint density at radius 3 is 3.10 bits per heavy atom. The maximum atomic E-state index is 5.36. The summed E-state index contributed by atoms with van der Waals surface area (Å²) in [4.78, 5) is 3.96. The Morgan fingerprint density at radius 1 is 1.80 bits per heavy atom. The molecule has 1 rings (SSSR count). The molecule has 0 aliphatic heterocycles. The zero-order valence-electron chi connectivity index (χ0n) is 5.79. The van der Waals surface area contributed by atoms with Crippen LogP contribution in [0.2, 0.25) is 0 Å². The molecule has 0 aliphatic rings. The molecule has 1 heterocycles. The van der Waals surface area contributed by atoms with Crippen molar-refractivity contribution in [2.45, 2.75) is 13.5 Å². The van der Waals surface area contributed by atoms with E-state index in [1.165, 1.54) is 5.54 Å². The fraction of sp³-hybridized carbons (Fsp3) is 0.286. The molecule has 0 amide bonds. The molecule has 10 heavy (non-hydrogen) atoms. The van der Waals surface area contributed by atoms with E-state index in [1.54, 1.807) is 6.33 Å². The van der Waals surface area contributed by atoms with E-state index >= 15 is 0 Å². The molecule has 0 bridgehead atoms. The molecule has 1 aromatic heterocycles. The largest absolute Gasteiger partial charge is 0.331 e. The molecular weight excluding hydrogens is 148 g/mol. The first-order valence-corrected chi connectivity index (χ1v) is 3.50. The van der Waals surface area contributed by atoms with Crippen molar-refractivity contribution in [3.8, 4) is 0 Å². The molecule has 0 aromatic carbocycles. The van der Waals surface area contributed by atoms with E-state index in [0.29, 0.717) is 0 Å². The molecule has 0 fully saturated rings. The average Bonchev–Trinajstić information content (AvgIpc) is 2.31. The van der Waals surface area contributed by atoms with Crippen molar-refractivity contribution in [1.82, 2.24) is 9.55 Å². The molecule has 0 radical (unpaired) electrons. The van der Waals surface area contributed by atoms with Gasteiger partial charge in [0.25, 0.3) is 0 Å². The van der Waals surface area contributed by atoms with Crippen LogP contribution in [-0.4, -0.2) is 9.55 Å². The van der Waals surface area contributed by atoms with Crippen molar-refractivity contribution < 1.29 is 0 Å². The first-order chi connectivity index (χ1) is 4.84. The Kier molecular flexibility index (Phi) is 2.51. The minimum absolute atomic E-state index is 0.801. The molecule has 1 aromatic rings. The second-order valence-electron chi connectivity index (χ2n) is 2.05. The zero-order chi connectivity index (χ0) is 7.40. The topological polar surface area (TPSA) is 17.8 Å². The van der Waals surface area contributed by atoms with Gasteiger partial charge in [0.2, 0.25) is 0 Å². The first-order valence-electron chi connectivity index (χ1n) is 3.06. The second kappa shape index (κ2) is 3.42. The number of hydrogen-bond donors (Lipinski definition) is 0. The summed E-state index contributed by atoms with van der Waals surface area (Å²) >= 11 is 5.36. The third kappa shape index (κ3) is 1.61. The lowest BCUT2D eigenvalue weighted by Crippen LogP contribution is -1.94. The van der Waals surface area contributed by atoms with E-state index in [4.69, 9.17) is 11.6 Å². The van der Waals surface area contributed by atoms with Gasteiger partial charge in [-0.3, -0.25) is 0 Å². The molecule has 0 saturated carbocycles. The summed E-state index contributed by atoms with van der Waals surface area (Å²) in [6, 6.07) is 0. The quantitative estimate of drug-likeness (QED) is 0.640. The number of hydrogen-bond acceptors (Lipinski definition) is 1. The van der Waals surface area contributed by atoms with Gasteiger partial charge in [0.05, 0.1) is 6.33 Å². The van der Waals surface area contributed by atoms with E-state index in [-0.39, 0.29) is 0 Å². The van der Waals surface area contributed by atoms with E-state index in [9.17, 15) is 0 Å². The highest BCUT2D eigenvalue weighted by molar-refractivity contribution is 6.25. The fourth-order valence-corrected chi connectivity index (χ4v) is 0.811. The molecule has 0 spiro atoms. The van der Waals surface area contributed by atoms with E-state index in [0.717, 1.165) is 12.2 Å². The van der Waals surface area contributed by atoms with Gasteiger partial charge in [-0.05, 0) is 6.92 Å². The van der Waals surface area contributed by atoms with Gasteiger partial charge in [-0.2, -0.15) is 0 Å². The van der Waals surface area contributed by atoms with E-state index in [2.05, 4.69) is 4.98 Å². The van der Waals surface area contributed by atoms with Crippen LogP contribution in [0.5, 0.6) is 0 Å². The Balaban J connectivity index is 2.65. The maximum absolute atomic E-state index is 5.36. The van der Waals surface area contributed by atoms with Crippen LogP contribution in [0.4, 0.5) is 0 Å². The number of halogens is 1. The number of aromatic nitrogens is 2. The third-order valence-corrected chi connectivity index (χ3v) is 1.49. The lowest BCUT2D eigenvalue weighted by Gasteiger charge is -1.97. The molecule has 0 N–H and O–H groups in total. The third-order valence-electron chi connectivity index (χ3n) is 1.31. The van der Waals surface area contributed by atoms with Crippen molar-refractivity contribution in [1.29, 1.82) is 0 Å². The SMILES string of the molecule is Cc1cncn1CC=CCl. The van der Waals surface area contributed by atoms with Crippen LogP contribution in [0.3, 0.4) is 0 Å². The normalized spacial score (nSPS) is 11.0. The number of rotatable bonds is 2. The summed E-state index contributed by atoms with van der Waals surface area (Å²) in [5.41, 5.74) is 2.66.